The van der Waals surface area contributed by atoms with Crippen LogP contribution in [0.2, 0.25) is 0 Å². The van der Waals surface area contributed by atoms with E-state index in [1.165, 1.54) is 23.4 Å². The second-order valence-corrected chi connectivity index (χ2v) is 11.6. The molecule has 2 atom stereocenters. The largest absolute Gasteiger partial charge is 0.343 e. The van der Waals surface area contributed by atoms with Crippen LogP contribution in [-0.4, -0.2) is 48.6 Å². The van der Waals surface area contributed by atoms with Crippen molar-refractivity contribution in [3.05, 3.63) is 65.5 Å². The van der Waals surface area contributed by atoms with Gasteiger partial charge in [0.2, 0.25) is 21.8 Å². The fourth-order valence-electron chi connectivity index (χ4n) is 4.97. The van der Waals surface area contributed by atoms with Gasteiger partial charge in [-0.1, -0.05) is 36.4 Å². The zero-order chi connectivity index (χ0) is 25.2. The molecule has 0 aliphatic carbocycles. The van der Waals surface area contributed by atoms with Crippen molar-refractivity contribution >= 4 is 27.5 Å². The fraction of sp³-hybridized carbons (Fsp3) is 0.462. The van der Waals surface area contributed by atoms with Crippen LogP contribution in [0.1, 0.15) is 55.9 Å². The third-order valence-corrected chi connectivity index (χ3v) is 9.52. The number of sulfonamides is 1. The van der Waals surface area contributed by atoms with Crippen molar-refractivity contribution in [2.24, 2.45) is 5.92 Å². The van der Waals surface area contributed by atoms with E-state index in [0.717, 1.165) is 5.56 Å². The highest BCUT2D eigenvalue weighted by atomic mass is 32.2. The number of benzene rings is 2. The summed E-state index contributed by atoms with van der Waals surface area (Å²) in [5, 5.41) is 2.12. The van der Waals surface area contributed by atoms with E-state index in [0.29, 0.717) is 44.5 Å². The van der Waals surface area contributed by atoms with Crippen molar-refractivity contribution in [3.8, 4) is 0 Å². The van der Waals surface area contributed by atoms with Crippen LogP contribution in [0.25, 0.3) is 0 Å². The van der Waals surface area contributed by atoms with E-state index in [1.54, 1.807) is 11.0 Å². The zero-order valence-electron chi connectivity index (χ0n) is 20.1. The first kappa shape index (κ1) is 25.3. The summed E-state index contributed by atoms with van der Waals surface area (Å²) in [4.78, 5) is 25.8. The molecule has 0 aromatic heterocycles. The van der Waals surface area contributed by atoms with Gasteiger partial charge in [-0.3, -0.25) is 9.59 Å². The number of piperidine rings is 1. The van der Waals surface area contributed by atoms with E-state index in [-0.39, 0.29) is 35.9 Å². The minimum atomic E-state index is -3.67. The van der Waals surface area contributed by atoms with Crippen molar-refractivity contribution in [3.63, 3.8) is 0 Å². The van der Waals surface area contributed by atoms with Crippen LogP contribution in [0.4, 0.5) is 10.1 Å². The van der Waals surface area contributed by atoms with Gasteiger partial charge in [-0.15, -0.1) is 0 Å². The lowest BCUT2D eigenvalue weighted by atomic mass is 9.95. The Morgan fingerprint density at radius 1 is 1.03 bits per heavy atom. The van der Waals surface area contributed by atoms with E-state index >= 15 is 4.39 Å². The monoisotopic (exact) mass is 501 g/mol. The van der Waals surface area contributed by atoms with Crippen LogP contribution in [0.15, 0.2) is 48.5 Å². The maximum atomic E-state index is 15.0. The van der Waals surface area contributed by atoms with Gasteiger partial charge in [0.15, 0.2) is 0 Å². The summed E-state index contributed by atoms with van der Waals surface area (Å²) in [7, 11) is -3.67. The van der Waals surface area contributed by atoms with Gasteiger partial charge in [0.25, 0.3) is 0 Å². The highest BCUT2D eigenvalue weighted by Gasteiger charge is 2.40. The third kappa shape index (κ3) is 5.56. The molecule has 2 amide bonds. The van der Waals surface area contributed by atoms with Gasteiger partial charge >= 0.3 is 0 Å². The lowest BCUT2D eigenvalue weighted by molar-refractivity contribution is -0.132. The molecule has 2 saturated heterocycles. The Morgan fingerprint density at radius 3 is 2.34 bits per heavy atom. The Kier molecular flexibility index (Phi) is 7.56. The molecule has 2 aliphatic heterocycles. The first-order chi connectivity index (χ1) is 16.7. The van der Waals surface area contributed by atoms with Gasteiger partial charge in [-0.25, -0.2) is 12.8 Å². The number of likely N-dealkylation sites (tertiary alicyclic amines) is 1. The SMILES string of the molecule is CC(=O)N1CCC(C(=O)Nc2ccc(CN3[C@@H](C)CCC(c4ccccc4)S3(=O)=O)c(F)c2)CC1. The highest BCUT2D eigenvalue weighted by Crippen LogP contribution is 2.38. The number of carbonyl (C=O) groups is 2. The number of carbonyl (C=O) groups excluding carboxylic acids is 2. The molecule has 0 bridgehead atoms. The number of hydrogen-bond acceptors (Lipinski definition) is 4. The molecule has 0 radical (unpaired) electrons. The van der Waals surface area contributed by atoms with Gasteiger partial charge in [0.1, 0.15) is 11.1 Å². The van der Waals surface area contributed by atoms with E-state index in [4.69, 9.17) is 0 Å². The van der Waals surface area contributed by atoms with Gasteiger partial charge in [-0.05, 0) is 50.3 Å². The van der Waals surface area contributed by atoms with E-state index < -0.39 is 21.1 Å². The molecular formula is C26H32FN3O4S. The summed E-state index contributed by atoms with van der Waals surface area (Å²) in [6.45, 7) is 4.38. The van der Waals surface area contributed by atoms with Crippen LogP contribution in [-0.2, 0) is 26.2 Å². The van der Waals surface area contributed by atoms with Crippen molar-refractivity contribution in [1.82, 2.24) is 9.21 Å². The molecule has 0 spiro atoms. The van der Waals surface area contributed by atoms with Crippen LogP contribution < -0.4 is 5.32 Å². The standard InChI is InChI=1S/C26H32FN3O4S/c1-18-8-11-25(20-6-4-3-5-7-20)35(33,34)30(18)17-22-9-10-23(16-24(22)27)28-26(32)21-12-14-29(15-13-21)19(2)31/h3-7,9-10,16,18,21,25H,8,11-15,17H2,1-2H3,(H,28,32)/t18-,25?/m0/s1. The van der Waals surface area contributed by atoms with Gasteiger partial charge in [0, 0.05) is 49.8 Å². The Hall–Kier alpha value is -2.78. The van der Waals surface area contributed by atoms with Crippen molar-refractivity contribution in [2.45, 2.75) is 57.4 Å². The van der Waals surface area contributed by atoms with E-state index in [1.807, 2.05) is 37.3 Å². The number of anilines is 1. The lowest BCUT2D eigenvalue weighted by Gasteiger charge is -2.37. The maximum absolute atomic E-state index is 15.0. The van der Waals surface area contributed by atoms with E-state index in [2.05, 4.69) is 5.32 Å². The van der Waals surface area contributed by atoms with E-state index in [9.17, 15) is 18.0 Å². The minimum absolute atomic E-state index is 0.00152. The Labute approximate surface area is 206 Å². The number of nitrogens with zero attached hydrogens (tertiary/aromatic N) is 2. The van der Waals surface area contributed by atoms with Crippen LogP contribution in [0, 0.1) is 11.7 Å². The molecule has 4 rings (SSSR count). The smallest absolute Gasteiger partial charge is 0.227 e. The summed E-state index contributed by atoms with van der Waals surface area (Å²) in [6, 6.07) is 13.3. The molecule has 0 saturated carbocycles. The minimum Gasteiger partial charge on any atom is -0.343 e. The van der Waals surface area contributed by atoms with Crippen LogP contribution in [0.5, 0.6) is 0 Å². The highest BCUT2D eigenvalue weighted by molar-refractivity contribution is 7.89. The third-order valence-electron chi connectivity index (χ3n) is 7.15. The predicted octanol–water partition coefficient (Wildman–Crippen LogP) is 4.08. The molecule has 7 nitrogen and oxygen atoms in total. The Morgan fingerprint density at radius 2 is 1.71 bits per heavy atom. The maximum Gasteiger partial charge on any atom is 0.227 e. The number of hydrogen-bond donors (Lipinski definition) is 1. The number of amides is 2. The molecule has 2 aromatic carbocycles. The topological polar surface area (TPSA) is 86.8 Å². The molecule has 35 heavy (non-hydrogen) atoms. The molecule has 2 aliphatic rings. The van der Waals surface area contributed by atoms with Gasteiger partial charge in [-0.2, -0.15) is 4.31 Å². The molecule has 188 valence electrons. The van der Waals surface area contributed by atoms with Crippen molar-refractivity contribution in [1.29, 1.82) is 0 Å². The normalized spacial score (nSPS) is 23.1. The number of halogens is 1. The van der Waals surface area contributed by atoms with Crippen molar-refractivity contribution in [2.75, 3.05) is 18.4 Å². The Balaban J connectivity index is 1.44. The molecule has 2 fully saturated rings. The summed E-state index contributed by atoms with van der Waals surface area (Å²) in [5.41, 5.74) is 1.35. The van der Waals surface area contributed by atoms with Gasteiger partial charge < -0.3 is 10.2 Å². The number of rotatable bonds is 5. The summed E-state index contributed by atoms with van der Waals surface area (Å²) < 4.78 is 43.2. The van der Waals surface area contributed by atoms with Crippen molar-refractivity contribution < 1.29 is 22.4 Å². The second kappa shape index (κ2) is 10.5. The molecule has 1 N–H and O–H groups in total. The average molecular weight is 502 g/mol. The summed E-state index contributed by atoms with van der Waals surface area (Å²) >= 11 is 0. The summed E-state index contributed by atoms with van der Waals surface area (Å²) in [5.74, 6) is -0.985. The van der Waals surface area contributed by atoms with Crippen LogP contribution >= 0.6 is 0 Å². The average Bonchev–Trinajstić information content (AvgIpc) is 2.83. The Bertz CT molecular complexity index is 1180. The van der Waals surface area contributed by atoms with Crippen LogP contribution in [0.3, 0.4) is 0 Å². The van der Waals surface area contributed by atoms with Gasteiger partial charge in [0.05, 0.1) is 0 Å². The lowest BCUT2D eigenvalue weighted by Crippen LogP contribution is -2.44. The molecular weight excluding hydrogens is 469 g/mol. The second-order valence-electron chi connectivity index (χ2n) is 9.49. The fourth-order valence-corrected chi connectivity index (χ4v) is 7.16. The molecule has 9 heteroatoms. The first-order valence-electron chi connectivity index (χ1n) is 12.1. The predicted molar refractivity (Wildman–Crippen MR) is 132 cm³/mol. The summed E-state index contributed by atoms with van der Waals surface area (Å²) in [6.07, 6.45) is 2.36. The number of nitrogens with one attached hydrogen (secondary N) is 1. The molecule has 1 unspecified atom stereocenters. The first-order valence-corrected chi connectivity index (χ1v) is 13.6. The molecule has 2 heterocycles. The zero-order valence-corrected chi connectivity index (χ0v) is 20.9. The quantitative estimate of drug-likeness (QED) is 0.669. The molecule has 2 aromatic rings.